The Bertz CT molecular complexity index is 1220. The van der Waals surface area contributed by atoms with Crippen molar-refractivity contribution in [1.82, 2.24) is 0 Å². The molecular weight excluding hydrogens is 574 g/mol. The first-order valence-electron chi connectivity index (χ1n) is 11.7. The smallest absolute Gasteiger partial charge is 1.00 e. The van der Waals surface area contributed by atoms with E-state index in [1.165, 1.54) is 54.5 Å². The Morgan fingerprint density at radius 2 is 1.00 bits per heavy atom. The summed E-state index contributed by atoms with van der Waals surface area (Å²) in [6.45, 7) is 17.7. The van der Waals surface area contributed by atoms with Crippen LogP contribution in [-0.4, -0.2) is 8.07 Å². The Morgan fingerprint density at radius 1 is 0.622 bits per heavy atom. The number of benzene rings is 3. The molecule has 3 aromatic rings. The van der Waals surface area contributed by atoms with Gasteiger partial charge in [-0.15, -0.1) is 6.92 Å². The van der Waals surface area contributed by atoms with E-state index in [0.717, 1.165) is 0 Å². The molecule has 0 fully saturated rings. The Hall–Kier alpha value is -1.13. The first kappa shape index (κ1) is 35.9. The van der Waals surface area contributed by atoms with E-state index in [1.807, 2.05) is 12.1 Å². The fourth-order valence-electron chi connectivity index (χ4n) is 6.04. The summed E-state index contributed by atoms with van der Waals surface area (Å²) in [4.78, 5) is 0. The van der Waals surface area contributed by atoms with Crippen LogP contribution < -0.4 is 52.8 Å². The second kappa shape index (κ2) is 13.3. The molecule has 1 atom stereocenters. The Kier molecular flexibility index (Phi) is 12.9. The van der Waals surface area contributed by atoms with E-state index in [4.69, 9.17) is 0 Å². The summed E-state index contributed by atoms with van der Waals surface area (Å²) in [7, 11) is -2.77. The van der Waals surface area contributed by atoms with Crippen molar-refractivity contribution in [3.8, 4) is 0 Å². The summed E-state index contributed by atoms with van der Waals surface area (Å²) >= 11 is 0. The topological polar surface area (TPSA) is 0 Å². The minimum absolute atomic E-state index is 0. The van der Waals surface area contributed by atoms with Crippen molar-refractivity contribution in [3.63, 3.8) is 0 Å². The van der Waals surface area contributed by atoms with Crippen LogP contribution in [0.4, 0.5) is 4.39 Å². The third-order valence-corrected chi connectivity index (χ3v) is 13.2. The van der Waals surface area contributed by atoms with Gasteiger partial charge in [0.2, 0.25) is 0 Å². The average molecular weight is 608 g/mol. The van der Waals surface area contributed by atoms with Crippen molar-refractivity contribution in [2.45, 2.75) is 60.4 Å². The van der Waals surface area contributed by atoms with Gasteiger partial charge >= 0.3 is 21.7 Å². The van der Waals surface area contributed by atoms with Crippen LogP contribution in [0.1, 0.15) is 49.9 Å². The molecule has 3 aromatic carbocycles. The monoisotopic (exact) mass is 606 g/mol. The van der Waals surface area contributed by atoms with Crippen molar-refractivity contribution in [2.24, 2.45) is 0 Å². The molecule has 0 aliphatic heterocycles. The van der Waals surface area contributed by atoms with Crippen molar-refractivity contribution < 1.29 is 63.3 Å². The molecule has 0 saturated heterocycles. The Labute approximate surface area is 257 Å². The molecule has 0 amide bonds. The summed E-state index contributed by atoms with van der Waals surface area (Å²) in [5.41, 5.74) is 8.95. The first-order chi connectivity index (χ1) is 15.5. The van der Waals surface area contributed by atoms with Crippen LogP contribution in [0.5, 0.6) is 0 Å². The van der Waals surface area contributed by atoms with E-state index in [-0.39, 0.29) is 69.8 Å². The van der Waals surface area contributed by atoms with Gasteiger partial charge in [0.05, 0.1) is 0 Å². The molecule has 0 heterocycles. The van der Waals surface area contributed by atoms with Crippen molar-refractivity contribution in [3.05, 3.63) is 112 Å². The van der Waals surface area contributed by atoms with Gasteiger partial charge in [0.25, 0.3) is 0 Å². The zero-order chi connectivity index (χ0) is 24.1. The fraction of sp³-hybridized carbons (Fsp3) is 0.290. The molecule has 0 aromatic heterocycles. The molecule has 1 aliphatic rings. The van der Waals surface area contributed by atoms with Crippen LogP contribution in [-0.2, 0) is 21.7 Å². The van der Waals surface area contributed by atoms with Crippen molar-refractivity contribution >= 4 is 23.6 Å². The van der Waals surface area contributed by atoms with Gasteiger partial charge in [-0.05, 0) is 55.4 Å². The van der Waals surface area contributed by atoms with Crippen LogP contribution >= 0.6 is 0 Å². The van der Waals surface area contributed by atoms with Gasteiger partial charge in [0.1, 0.15) is 13.9 Å². The molecule has 0 nitrogen and oxygen atoms in total. The van der Waals surface area contributed by atoms with E-state index in [9.17, 15) is 4.39 Å². The maximum Gasteiger partial charge on any atom is 4.00 e. The molecule has 1 unspecified atom stereocenters. The molecule has 0 spiro atoms. The third kappa shape index (κ3) is 6.06. The third-order valence-electron chi connectivity index (χ3n) is 7.65. The van der Waals surface area contributed by atoms with E-state index < -0.39 is 8.07 Å². The van der Waals surface area contributed by atoms with E-state index >= 15 is 0 Å². The fourth-order valence-corrected chi connectivity index (χ4v) is 12.3. The van der Waals surface area contributed by atoms with E-state index in [2.05, 4.69) is 97.9 Å². The standard InChI is InChI=1S/C31H34FSi.3ClH.Ti/c1-20-13-21(2)16-29(15-20)33(28-11-9-27(32)10-12-28,30-17-22(3)14-23(4)18-30)31(8)19-24(5)25(6)26(31)7;;;;/h9-18H,1-8H3;3*1H;/q-1;;;;+4/p-3. The molecule has 1 aliphatic carbocycles. The second-order valence-electron chi connectivity index (χ2n) is 10.1. The predicted octanol–water partition coefficient (Wildman–Crippen LogP) is -2.60. The summed E-state index contributed by atoms with van der Waals surface area (Å²) in [5.74, 6) is -0.196. The van der Waals surface area contributed by atoms with Gasteiger partial charge in [0, 0.05) is 0 Å². The average Bonchev–Trinajstić information content (AvgIpc) is 2.92. The maximum atomic E-state index is 14.2. The Balaban J connectivity index is 0.00000324. The summed E-state index contributed by atoms with van der Waals surface area (Å²) in [6, 6.07) is 21.3. The zero-order valence-electron chi connectivity index (χ0n) is 22.8. The van der Waals surface area contributed by atoms with Gasteiger partial charge < -0.3 is 37.2 Å². The van der Waals surface area contributed by atoms with Crippen LogP contribution in [0.3, 0.4) is 0 Å². The van der Waals surface area contributed by atoms with Crippen LogP contribution in [0.2, 0.25) is 5.04 Å². The van der Waals surface area contributed by atoms with Gasteiger partial charge in [-0.25, -0.2) is 9.96 Å². The van der Waals surface area contributed by atoms with Gasteiger partial charge in [-0.1, -0.05) is 96.6 Å². The number of aryl methyl sites for hydroxylation is 4. The largest absolute Gasteiger partial charge is 4.00 e. The number of halogens is 4. The zero-order valence-corrected chi connectivity index (χ0v) is 27.6. The minimum atomic E-state index is -2.77. The van der Waals surface area contributed by atoms with Crippen LogP contribution in [0.25, 0.3) is 0 Å². The summed E-state index contributed by atoms with van der Waals surface area (Å²) in [6.07, 6.45) is 3.97. The van der Waals surface area contributed by atoms with Crippen LogP contribution in [0.15, 0.2) is 77.4 Å². The molecule has 0 saturated carbocycles. The van der Waals surface area contributed by atoms with Gasteiger partial charge in [0.15, 0.2) is 0 Å². The maximum absolute atomic E-state index is 14.2. The Morgan fingerprint density at radius 3 is 1.32 bits per heavy atom. The molecule has 0 radical (unpaired) electrons. The first-order valence-corrected chi connectivity index (χ1v) is 13.7. The normalized spacial score (nSPS) is 16.6. The molecule has 37 heavy (non-hydrogen) atoms. The van der Waals surface area contributed by atoms with Gasteiger partial charge in [-0.3, -0.25) is 6.08 Å². The van der Waals surface area contributed by atoms with Gasteiger partial charge in [-0.2, -0.15) is 11.1 Å². The molecule has 194 valence electrons. The molecular formula is C31H34Cl3FSiTi. The molecule has 4 rings (SSSR count). The SMILES string of the molecule is CC1=[C-]C(C)([Si](c2ccc(F)cc2)(c2cc(C)cc(C)c2)c2cc(C)cc(C)c2)C(C)=C1C.[Cl-].[Cl-].[Cl-].[Ti+4]. The predicted molar refractivity (Wildman–Crippen MR) is 142 cm³/mol. The number of rotatable bonds is 4. The number of hydrogen-bond donors (Lipinski definition) is 0. The molecule has 6 heteroatoms. The minimum Gasteiger partial charge on any atom is -1.00 e. The number of allylic oxidation sites excluding steroid dienone is 4. The summed E-state index contributed by atoms with van der Waals surface area (Å²) < 4.78 is 14.2. The van der Waals surface area contributed by atoms with E-state index in [1.54, 1.807) is 12.1 Å². The second-order valence-corrected chi connectivity index (χ2v) is 14.4. The van der Waals surface area contributed by atoms with E-state index in [0.29, 0.717) is 0 Å². The van der Waals surface area contributed by atoms with Crippen molar-refractivity contribution in [1.29, 1.82) is 0 Å². The van der Waals surface area contributed by atoms with Crippen LogP contribution in [0, 0.1) is 39.6 Å². The molecule has 0 bridgehead atoms. The quantitative estimate of drug-likeness (QED) is 0.174. The summed E-state index contributed by atoms with van der Waals surface area (Å²) in [5, 5.41) is 3.62. The van der Waals surface area contributed by atoms with Crippen molar-refractivity contribution in [2.75, 3.05) is 0 Å². The molecule has 0 N–H and O–H groups in total. The number of hydrogen-bond acceptors (Lipinski definition) is 0.